The molecule has 1 aromatic heterocycles. The van der Waals surface area contributed by atoms with Gasteiger partial charge in [-0.25, -0.2) is 0 Å². The van der Waals surface area contributed by atoms with E-state index in [2.05, 4.69) is 36.5 Å². The highest BCUT2D eigenvalue weighted by Crippen LogP contribution is 2.26. The molecule has 1 atom stereocenters. The number of carbonyl (C=O) groups is 1. The Morgan fingerprint density at radius 3 is 2.50 bits per heavy atom. The molecule has 20 heavy (non-hydrogen) atoms. The molecule has 3 nitrogen and oxygen atoms in total. The van der Waals surface area contributed by atoms with Gasteiger partial charge in [0.1, 0.15) is 0 Å². The predicted molar refractivity (Wildman–Crippen MR) is 86.4 cm³/mol. The van der Waals surface area contributed by atoms with E-state index in [-0.39, 0.29) is 30.9 Å². The summed E-state index contributed by atoms with van der Waals surface area (Å²) in [6, 6.07) is 12.2. The number of carbonyl (C=O) groups excluding carboxylic acids is 1. The predicted octanol–water partition coefficient (Wildman–Crippen LogP) is 2.90. The van der Waals surface area contributed by atoms with Crippen molar-refractivity contribution in [3.05, 3.63) is 57.8 Å². The van der Waals surface area contributed by atoms with Crippen molar-refractivity contribution in [2.24, 2.45) is 5.73 Å². The third-order valence-corrected chi connectivity index (χ3v) is 3.98. The molecule has 0 aliphatic heterocycles. The summed E-state index contributed by atoms with van der Waals surface area (Å²) in [4.78, 5) is 12.7. The second kappa shape index (κ2) is 8.04. The summed E-state index contributed by atoms with van der Waals surface area (Å²) in [5.74, 6) is -0.141. The summed E-state index contributed by atoms with van der Waals surface area (Å²) in [6.07, 6.45) is 1.01. The monoisotopic (exact) mass is 310 g/mol. The zero-order valence-electron chi connectivity index (χ0n) is 11.3. The Morgan fingerprint density at radius 2 is 2.00 bits per heavy atom. The molecule has 0 aliphatic carbocycles. The Hall–Kier alpha value is -1.36. The minimum absolute atomic E-state index is 0. The zero-order chi connectivity index (χ0) is 13.7. The number of thiophene rings is 1. The highest BCUT2D eigenvalue weighted by atomic mass is 35.5. The molecule has 1 amide bonds. The summed E-state index contributed by atoms with van der Waals surface area (Å²) in [6.45, 7) is 2.14. The fourth-order valence-corrected chi connectivity index (χ4v) is 2.74. The number of nitrogens with one attached hydrogen (secondary N) is 1. The van der Waals surface area contributed by atoms with Gasteiger partial charge in [0.15, 0.2) is 0 Å². The van der Waals surface area contributed by atoms with Gasteiger partial charge in [0.25, 0.3) is 0 Å². The molecule has 1 heterocycles. The van der Waals surface area contributed by atoms with Crippen LogP contribution in [0.25, 0.3) is 0 Å². The van der Waals surface area contributed by atoms with E-state index in [1.807, 2.05) is 17.5 Å². The highest BCUT2D eigenvalue weighted by Gasteiger charge is 2.16. The lowest BCUT2D eigenvalue weighted by molar-refractivity contribution is -0.120. The average molecular weight is 311 g/mol. The van der Waals surface area contributed by atoms with Gasteiger partial charge in [-0.05, 0) is 29.0 Å². The topological polar surface area (TPSA) is 55.1 Å². The Morgan fingerprint density at radius 1 is 1.30 bits per heavy atom. The van der Waals surface area contributed by atoms with Crippen LogP contribution in [-0.4, -0.2) is 12.5 Å². The molecule has 5 heteroatoms. The first kappa shape index (κ1) is 16.7. The summed E-state index contributed by atoms with van der Waals surface area (Å²) < 4.78 is 0. The van der Waals surface area contributed by atoms with Crippen molar-refractivity contribution >= 4 is 29.7 Å². The molecule has 0 bridgehead atoms. The van der Waals surface area contributed by atoms with Gasteiger partial charge in [-0.15, -0.1) is 23.7 Å². The SMILES string of the molecule is CCc1ccc(C(NC(=O)CN)c2cccs2)cc1.Cl. The number of aryl methyl sites for hydroxylation is 1. The highest BCUT2D eigenvalue weighted by molar-refractivity contribution is 7.10. The van der Waals surface area contributed by atoms with Gasteiger partial charge in [-0.1, -0.05) is 37.3 Å². The van der Waals surface area contributed by atoms with Crippen molar-refractivity contribution in [2.75, 3.05) is 6.54 Å². The van der Waals surface area contributed by atoms with Crippen LogP contribution < -0.4 is 11.1 Å². The number of benzene rings is 1. The lowest BCUT2D eigenvalue weighted by Crippen LogP contribution is -2.33. The first-order valence-corrected chi connectivity index (χ1v) is 7.24. The Kier molecular flexibility index (Phi) is 6.71. The van der Waals surface area contributed by atoms with Gasteiger partial charge in [-0.3, -0.25) is 4.79 Å². The van der Waals surface area contributed by atoms with E-state index in [0.717, 1.165) is 16.9 Å². The smallest absolute Gasteiger partial charge is 0.234 e. The molecule has 0 fully saturated rings. The van der Waals surface area contributed by atoms with E-state index in [0.29, 0.717) is 0 Å². The molecule has 0 saturated carbocycles. The molecular formula is C15H19ClN2OS. The van der Waals surface area contributed by atoms with Gasteiger partial charge in [0.05, 0.1) is 12.6 Å². The molecule has 2 aromatic rings. The number of halogens is 1. The molecule has 1 unspecified atom stereocenters. The second-order valence-corrected chi connectivity index (χ2v) is 5.29. The fourth-order valence-electron chi connectivity index (χ4n) is 1.94. The number of rotatable bonds is 5. The molecule has 0 spiro atoms. The van der Waals surface area contributed by atoms with Crippen molar-refractivity contribution in [1.82, 2.24) is 5.32 Å². The van der Waals surface area contributed by atoms with Crippen LogP contribution in [-0.2, 0) is 11.2 Å². The minimum atomic E-state index is -0.141. The summed E-state index contributed by atoms with van der Waals surface area (Å²) >= 11 is 1.63. The van der Waals surface area contributed by atoms with Gasteiger partial charge >= 0.3 is 0 Å². The van der Waals surface area contributed by atoms with E-state index < -0.39 is 0 Å². The Labute approximate surface area is 129 Å². The van der Waals surface area contributed by atoms with Crippen LogP contribution in [0, 0.1) is 0 Å². The fraction of sp³-hybridized carbons (Fsp3) is 0.267. The standard InChI is InChI=1S/C15H18N2OS.ClH/c1-2-11-5-7-12(8-6-11)15(17-14(18)10-16)13-4-3-9-19-13;/h3-9,15H,2,10,16H2,1H3,(H,17,18);1H. The van der Waals surface area contributed by atoms with Crippen LogP contribution in [0.1, 0.15) is 29.0 Å². The largest absolute Gasteiger partial charge is 0.343 e. The number of hydrogen-bond acceptors (Lipinski definition) is 3. The van der Waals surface area contributed by atoms with E-state index in [1.165, 1.54) is 5.56 Å². The maximum atomic E-state index is 11.6. The van der Waals surface area contributed by atoms with Crippen LogP contribution in [0.4, 0.5) is 0 Å². The number of hydrogen-bond donors (Lipinski definition) is 2. The lowest BCUT2D eigenvalue weighted by Gasteiger charge is -2.18. The number of nitrogens with two attached hydrogens (primary N) is 1. The normalized spacial score (nSPS) is 11.5. The first-order chi connectivity index (χ1) is 9.24. The molecule has 0 aliphatic rings. The van der Waals surface area contributed by atoms with Gasteiger partial charge in [0, 0.05) is 4.88 Å². The van der Waals surface area contributed by atoms with Crippen LogP contribution in [0.2, 0.25) is 0 Å². The maximum absolute atomic E-state index is 11.6. The average Bonchev–Trinajstić information content (AvgIpc) is 2.98. The number of amides is 1. The molecule has 1 aromatic carbocycles. The van der Waals surface area contributed by atoms with Crippen molar-refractivity contribution in [2.45, 2.75) is 19.4 Å². The van der Waals surface area contributed by atoms with Crippen molar-refractivity contribution in [1.29, 1.82) is 0 Å². The summed E-state index contributed by atoms with van der Waals surface area (Å²) in [5.41, 5.74) is 7.76. The van der Waals surface area contributed by atoms with Gasteiger partial charge in [0.2, 0.25) is 5.91 Å². The van der Waals surface area contributed by atoms with Crippen LogP contribution in [0.3, 0.4) is 0 Å². The second-order valence-electron chi connectivity index (χ2n) is 4.32. The van der Waals surface area contributed by atoms with Crippen molar-refractivity contribution < 1.29 is 4.79 Å². The third-order valence-electron chi connectivity index (χ3n) is 3.04. The first-order valence-electron chi connectivity index (χ1n) is 6.36. The van der Waals surface area contributed by atoms with Crippen molar-refractivity contribution in [3.63, 3.8) is 0 Å². The van der Waals surface area contributed by atoms with Crippen LogP contribution in [0.15, 0.2) is 41.8 Å². The molecule has 0 saturated heterocycles. The van der Waals surface area contributed by atoms with Crippen LogP contribution in [0.5, 0.6) is 0 Å². The molecule has 2 rings (SSSR count). The molecule has 108 valence electrons. The Balaban J connectivity index is 0.00000200. The van der Waals surface area contributed by atoms with Gasteiger partial charge in [-0.2, -0.15) is 0 Å². The Bertz CT molecular complexity index is 525. The maximum Gasteiger partial charge on any atom is 0.234 e. The molecule has 0 radical (unpaired) electrons. The zero-order valence-corrected chi connectivity index (χ0v) is 13.0. The van der Waals surface area contributed by atoms with E-state index >= 15 is 0 Å². The minimum Gasteiger partial charge on any atom is -0.343 e. The lowest BCUT2D eigenvalue weighted by atomic mass is 10.0. The third kappa shape index (κ3) is 4.07. The quantitative estimate of drug-likeness (QED) is 0.892. The van der Waals surface area contributed by atoms with E-state index in [1.54, 1.807) is 11.3 Å². The summed E-state index contributed by atoms with van der Waals surface area (Å²) in [7, 11) is 0. The van der Waals surface area contributed by atoms with E-state index in [4.69, 9.17) is 5.73 Å². The molecular weight excluding hydrogens is 292 g/mol. The molecule has 3 N–H and O–H groups in total. The van der Waals surface area contributed by atoms with Gasteiger partial charge < -0.3 is 11.1 Å². The van der Waals surface area contributed by atoms with E-state index in [9.17, 15) is 4.79 Å². The van der Waals surface area contributed by atoms with Crippen molar-refractivity contribution in [3.8, 4) is 0 Å². The summed E-state index contributed by atoms with van der Waals surface area (Å²) in [5, 5.41) is 4.98. The van der Waals surface area contributed by atoms with Crippen LogP contribution >= 0.6 is 23.7 Å².